The van der Waals surface area contributed by atoms with Crippen LogP contribution in [-0.2, 0) is 0 Å². The molecule has 124 valence electrons. The maximum Gasteiger partial charge on any atom is 0.0156 e. The van der Waals surface area contributed by atoms with Crippen LogP contribution in [0.1, 0.15) is 39.0 Å². The summed E-state index contributed by atoms with van der Waals surface area (Å²) in [5, 5.41) is 0. The number of nitrogens with zero attached hydrogens (tertiary/aromatic N) is 1. The molecule has 4 atom stereocenters. The highest BCUT2D eigenvalue weighted by Crippen LogP contribution is 2.38. The molecule has 1 fully saturated rings. The van der Waals surface area contributed by atoms with Crippen LogP contribution in [0, 0.1) is 17.8 Å². The van der Waals surface area contributed by atoms with Gasteiger partial charge in [-0.15, -0.1) is 6.58 Å². The molecule has 0 radical (unpaired) electrons. The molecular weight excluding hydrogens is 278 g/mol. The van der Waals surface area contributed by atoms with Crippen LogP contribution in [0.2, 0.25) is 0 Å². The molecule has 23 heavy (non-hydrogen) atoms. The summed E-state index contributed by atoms with van der Waals surface area (Å²) in [7, 11) is 2.29. The minimum atomic E-state index is 0.660. The lowest BCUT2D eigenvalue weighted by Crippen LogP contribution is -2.29. The summed E-state index contributed by atoms with van der Waals surface area (Å²) in [6, 6.07) is 0.739. The molecular formula is C22H31N. The summed E-state index contributed by atoms with van der Waals surface area (Å²) < 4.78 is 0. The molecule has 0 aromatic carbocycles. The maximum atomic E-state index is 3.93. The molecule has 1 heteroatoms. The maximum absolute atomic E-state index is 3.93. The summed E-state index contributed by atoms with van der Waals surface area (Å²) in [5.41, 5.74) is 3.21. The lowest BCUT2D eigenvalue weighted by Gasteiger charge is -2.32. The Morgan fingerprint density at radius 1 is 1.30 bits per heavy atom. The second-order valence-corrected chi connectivity index (χ2v) is 7.60. The van der Waals surface area contributed by atoms with Gasteiger partial charge in [-0.2, -0.15) is 0 Å². The van der Waals surface area contributed by atoms with Crippen molar-refractivity contribution in [2.24, 2.45) is 17.8 Å². The number of allylic oxidation sites excluding steroid dienone is 8. The molecule has 3 rings (SSSR count). The van der Waals surface area contributed by atoms with Crippen LogP contribution in [0.25, 0.3) is 0 Å². The molecule has 0 amide bonds. The lowest BCUT2D eigenvalue weighted by atomic mass is 9.74. The molecule has 1 nitrogen and oxygen atoms in total. The Kier molecular flexibility index (Phi) is 5.38. The Bertz CT molecular complexity index is 538. The Hall–Kier alpha value is -1.34. The van der Waals surface area contributed by atoms with Crippen molar-refractivity contribution in [1.82, 2.24) is 4.90 Å². The Labute approximate surface area is 142 Å². The SMILES string of the molecule is C=CCC1=CC=CCC1C1C=CC=C(CC2C(C)CCN2C)C1. The number of rotatable bonds is 5. The Morgan fingerprint density at radius 2 is 2.17 bits per heavy atom. The molecule has 0 bridgehead atoms. The molecule has 1 saturated heterocycles. The van der Waals surface area contributed by atoms with Crippen molar-refractivity contribution in [1.29, 1.82) is 0 Å². The fourth-order valence-corrected chi connectivity index (χ4v) is 4.55. The zero-order chi connectivity index (χ0) is 16.2. The molecule has 0 aromatic heterocycles. The van der Waals surface area contributed by atoms with Crippen molar-refractivity contribution < 1.29 is 0 Å². The van der Waals surface area contributed by atoms with Crippen molar-refractivity contribution in [3.8, 4) is 0 Å². The lowest BCUT2D eigenvalue weighted by molar-refractivity contribution is 0.273. The number of hydrogen-bond donors (Lipinski definition) is 0. The van der Waals surface area contributed by atoms with Crippen LogP contribution in [0.4, 0.5) is 0 Å². The van der Waals surface area contributed by atoms with Gasteiger partial charge >= 0.3 is 0 Å². The smallest absolute Gasteiger partial charge is 0.0156 e. The highest BCUT2D eigenvalue weighted by Gasteiger charge is 2.31. The quantitative estimate of drug-likeness (QED) is 0.623. The topological polar surface area (TPSA) is 3.24 Å². The minimum absolute atomic E-state index is 0.660. The first kappa shape index (κ1) is 16.5. The van der Waals surface area contributed by atoms with Crippen molar-refractivity contribution in [3.05, 3.63) is 60.3 Å². The van der Waals surface area contributed by atoms with Gasteiger partial charge in [0.05, 0.1) is 0 Å². The summed E-state index contributed by atoms with van der Waals surface area (Å²) >= 11 is 0. The van der Waals surface area contributed by atoms with E-state index in [1.165, 1.54) is 32.2 Å². The van der Waals surface area contributed by atoms with Gasteiger partial charge in [-0.05, 0) is 63.5 Å². The Morgan fingerprint density at radius 3 is 2.91 bits per heavy atom. The van der Waals surface area contributed by atoms with Crippen molar-refractivity contribution in [2.45, 2.75) is 45.1 Å². The van der Waals surface area contributed by atoms with E-state index in [4.69, 9.17) is 0 Å². The molecule has 0 aromatic rings. The van der Waals surface area contributed by atoms with Crippen LogP contribution in [0.3, 0.4) is 0 Å². The van der Waals surface area contributed by atoms with Gasteiger partial charge in [0.1, 0.15) is 0 Å². The predicted molar refractivity (Wildman–Crippen MR) is 100 cm³/mol. The first-order valence-electron chi connectivity index (χ1n) is 9.22. The van der Waals surface area contributed by atoms with Gasteiger partial charge in [-0.3, -0.25) is 0 Å². The molecule has 0 N–H and O–H groups in total. The van der Waals surface area contributed by atoms with Gasteiger partial charge < -0.3 is 4.90 Å². The highest BCUT2D eigenvalue weighted by molar-refractivity contribution is 5.29. The van der Waals surface area contributed by atoms with E-state index in [0.29, 0.717) is 11.8 Å². The minimum Gasteiger partial charge on any atom is -0.303 e. The van der Waals surface area contributed by atoms with Crippen molar-refractivity contribution >= 4 is 0 Å². The van der Waals surface area contributed by atoms with Gasteiger partial charge in [0.2, 0.25) is 0 Å². The molecule has 0 saturated carbocycles. The van der Waals surface area contributed by atoms with E-state index >= 15 is 0 Å². The fourth-order valence-electron chi connectivity index (χ4n) is 4.55. The van der Waals surface area contributed by atoms with E-state index in [1.807, 2.05) is 0 Å². The van der Waals surface area contributed by atoms with Crippen molar-refractivity contribution in [2.75, 3.05) is 13.6 Å². The zero-order valence-electron chi connectivity index (χ0n) is 14.7. The normalized spacial score (nSPS) is 34.3. The molecule has 1 heterocycles. The molecule has 2 aliphatic carbocycles. The molecule has 4 unspecified atom stereocenters. The van der Waals surface area contributed by atoms with Crippen LogP contribution < -0.4 is 0 Å². The van der Waals surface area contributed by atoms with E-state index in [9.17, 15) is 0 Å². The summed E-state index contributed by atoms with van der Waals surface area (Å²) in [6.45, 7) is 7.61. The van der Waals surface area contributed by atoms with Crippen LogP contribution in [-0.4, -0.2) is 24.5 Å². The zero-order valence-corrected chi connectivity index (χ0v) is 14.7. The third-order valence-corrected chi connectivity index (χ3v) is 6.03. The van der Waals surface area contributed by atoms with E-state index in [1.54, 1.807) is 11.1 Å². The van der Waals surface area contributed by atoms with Gasteiger partial charge in [0, 0.05) is 6.04 Å². The summed E-state index contributed by atoms with van der Waals surface area (Å²) in [6.07, 6.45) is 22.1. The second-order valence-electron chi connectivity index (χ2n) is 7.60. The second kappa shape index (κ2) is 7.49. The van der Waals surface area contributed by atoms with Crippen LogP contribution >= 0.6 is 0 Å². The van der Waals surface area contributed by atoms with E-state index in [2.05, 4.69) is 68.0 Å². The van der Waals surface area contributed by atoms with Gasteiger partial charge in [0.25, 0.3) is 0 Å². The summed E-state index contributed by atoms with van der Waals surface area (Å²) in [4.78, 5) is 2.56. The van der Waals surface area contributed by atoms with Crippen LogP contribution in [0.15, 0.2) is 60.3 Å². The van der Waals surface area contributed by atoms with Crippen LogP contribution in [0.5, 0.6) is 0 Å². The van der Waals surface area contributed by atoms with Gasteiger partial charge in [-0.25, -0.2) is 0 Å². The summed E-state index contributed by atoms with van der Waals surface area (Å²) in [5.74, 6) is 2.16. The average molecular weight is 309 g/mol. The number of likely N-dealkylation sites (tertiary alicyclic amines) is 1. The third-order valence-electron chi connectivity index (χ3n) is 6.03. The first-order chi connectivity index (χ1) is 11.2. The molecule has 0 spiro atoms. The van der Waals surface area contributed by atoms with E-state index in [0.717, 1.165) is 18.4 Å². The molecule has 1 aliphatic heterocycles. The number of hydrogen-bond acceptors (Lipinski definition) is 1. The largest absolute Gasteiger partial charge is 0.303 e. The first-order valence-corrected chi connectivity index (χ1v) is 9.22. The molecule has 3 aliphatic rings. The monoisotopic (exact) mass is 309 g/mol. The fraction of sp³-hybridized carbons (Fsp3) is 0.545. The highest BCUT2D eigenvalue weighted by atomic mass is 15.2. The Balaban J connectivity index is 1.65. The van der Waals surface area contributed by atoms with E-state index in [-0.39, 0.29) is 0 Å². The average Bonchev–Trinajstić information content (AvgIpc) is 2.88. The third kappa shape index (κ3) is 3.77. The van der Waals surface area contributed by atoms with E-state index < -0.39 is 0 Å². The van der Waals surface area contributed by atoms with Gasteiger partial charge in [0.15, 0.2) is 0 Å². The van der Waals surface area contributed by atoms with Crippen molar-refractivity contribution in [3.63, 3.8) is 0 Å². The van der Waals surface area contributed by atoms with Gasteiger partial charge in [-0.1, -0.05) is 60.6 Å². The predicted octanol–water partition coefficient (Wildman–Crippen LogP) is 5.30. The standard InChI is InChI=1S/C22H31N/c1-4-8-19-10-5-6-12-21(19)20-11-7-9-18(15-20)16-22-17(2)13-14-23(22)3/h4-7,9-11,17,20-22H,1,8,12-16H2,2-3H3.